The molecule has 0 spiro atoms. The molecule has 0 saturated carbocycles. The predicted octanol–water partition coefficient (Wildman–Crippen LogP) is 5.21. The van der Waals surface area contributed by atoms with Gasteiger partial charge in [0.15, 0.2) is 6.61 Å². The van der Waals surface area contributed by atoms with Crippen LogP contribution in [0.1, 0.15) is 47.5 Å². The average Bonchev–Trinajstić information content (AvgIpc) is 3.33. The van der Waals surface area contributed by atoms with Crippen molar-refractivity contribution in [3.8, 4) is 16.2 Å². The summed E-state index contributed by atoms with van der Waals surface area (Å²) in [6.07, 6.45) is 3.11. The molecule has 9 heteroatoms. The minimum atomic E-state index is -0.465. The average molecular weight is 494 g/mol. The Kier molecular flexibility index (Phi) is 7.77. The predicted molar refractivity (Wildman–Crippen MR) is 135 cm³/mol. The van der Waals surface area contributed by atoms with Crippen LogP contribution in [0.25, 0.3) is 10.4 Å². The molecule has 0 radical (unpaired) electrons. The van der Waals surface area contributed by atoms with E-state index in [1.165, 1.54) is 23.5 Å². The summed E-state index contributed by atoms with van der Waals surface area (Å²) >= 11 is 1.28. The van der Waals surface area contributed by atoms with Crippen LogP contribution in [-0.2, 0) is 4.79 Å². The maximum atomic E-state index is 13.2. The number of hydrogen-bond acceptors (Lipinski definition) is 6. The summed E-state index contributed by atoms with van der Waals surface area (Å²) in [7, 11) is 0. The highest BCUT2D eigenvalue weighted by molar-refractivity contribution is 7.17. The highest BCUT2D eigenvalue weighted by atomic mass is 32.1. The molecule has 1 fully saturated rings. The molecule has 1 N–H and O–H groups in total. The molecular formula is C26H27N3O5S. The standard InChI is InChI=1S/C26H27N3O5S/c1-18(20-11-8-12-21(15-20)29(32)33)27-26(31)25-22(16-23(35-25)19-9-4-2-5-10-19)34-17-24(30)28-13-6-3-7-14-28/h2,4-5,8-12,15-16,18H,3,6-7,13-14,17H2,1H3,(H,27,31). The van der Waals surface area contributed by atoms with Crippen molar-refractivity contribution in [2.75, 3.05) is 19.7 Å². The first-order valence-electron chi connectivity index (χ1n) is 11.6. The summed E-state index contributed by atoms with van der Waals surface area (Å²) in [4.78, 5) is 39.5. The number of rotatable bonds is 8. The van der Waals surface area contributed by atoms with Gasteiger partial charge in [-0.25, -0.2) is 0 Å². The van der Waals surface area contributed by atoms with Crippen LogP contribution < -0.4 is 10.1 Å². The Balaban J connectivity index is 1.54. The second-order valence-corrected chi connectivity index (χ2v) is 9.50. The molecule has 4 rings (SSSR count). The zero-order chi connectivity index (χ0) is 24.8. The highest BCUT2D eigenvalue weighted by Gasteiger charge is 2.23. The summed E-state index contributed by atoms with van der Waals surface area (Å²) in [5, 5.41) is 14.0. The van der Waals surface area contributed by atoms with Crippen LogP contribution in [0.15, 0.2) is 60.7 Å². The Morgan fingerprint density at radius 1 is 1.09 bits per heavy atom. The normalized spacial score (nSPS) is 14.3. The van der Waals surface area contributed by atoms with Gasteiger partial charge in [0, 0.05) is 30.1 Å². The zero-order valence-corrected chi connectivity index (χ0v) is 20.3. The molecule has 1 aliphatic heterocycles. The summed E-state index contributed by atoms with van der Waals surface area (Å²) in [5.74, 6) is -0.104. The van der Waals surface area contributed by atoms with Crippen LogP contribution in [0.3, 0.4) is 0 Å². The van der Waals surface area contributed by atoms with Crippen LogP contribution in [0.2, 0.25) is 0 Å². The fourth-order valence-electron chi connectivity index (χ4n) is 4.01. The lowest BCUT2D eigenvalue weighted by molar-refractivity contribution is -0.384. The smallest absolute Gasteiger partial charge is 0.269 e. The van der Waals surface area contributed by atoms with E-state index in [0.717, 1.165) is 42.8 Å². The van der Waals surface area contributed by atoms with E-state index in [1.54, 1.807) is 30.0 Å². The van der Waals surface area contributed by atoms with Gasteiger partial charge in [-0.2, -0.15) is 0 Å². The minimum Gasteiger partial charge on any atom is -0.482 e. The van der Waals surface area contributed by atoms with E-state index in [0.29, 0.717) is 16.2 Å². The molecule has 3 aromatic rings. The van der Waals surface area contributed by atoms with Gasteiger partial charge >= 0.3 is 0 Å². The first-order valence-corrected chi connectivity index (χ1v) is 12.4. The van der Waals surface area contributed by atoms with E-state index in [2.05, 4.69) is 5.32 Å². The molecule has 1 aliphatic rings. The lowest BCUT2D eigenvalue weighted by Gasteiger charge is -2.26. The van der Waals surface area contributed by atoms with E-state index in [-0.39, 0.29) is 24.1 Å². The number of nitrogens with one attached hydrogen (secondary N) is 1. The van der Waals surface area contributed by atoms with Crippen molar-refractivity contribution >= 4 is 28.8 Å². The Hall–Kier alpha value is -3.72. The fraction of sp³-hybridized carbons (Fsp3) is 0.308. The summed E-state index contributed by atoms with van der Waals surface area (Å²) in [5.41, 5.74) is 1.52. The van der Waals surface area contributed by atoms with Gasteiger partial charge in [0.25, 0.3) is 17.5 Å². The van der Waals surface area contributed by atoms with Crippen LogP contribution in [-0.4, -0.2) is 41.3 Å². The molecule has 1 unspecified atom stereocenters. The van der Waals surface area contributed by atoms with Gasteiger partial charge in [0.05, 0.1) is 11.0 Å². The van der Waals surface area contributed by atoms with Gasteiger partial charge in [0.2, 0.25) is 0 Å². The number of nitro benzene ring substituents is 1. The third kappa shape index (κ3) is 6.05. The van der Waals surface area contributed by atoms with E-state index < -0.39 is 11.0 Å². The molecule has 0 bridgehead atoms. The van der Waals surface area contributed by atoms with Crippen molar-refractivity contribution in [3.63, 3.8) is 0 Å². The van der Waals surface area contributed by atoms with Crippen LogP contribution in [0, 0.1) is 10.1 Å². The Morgan fingerprint density at radius 3 is 2.54 bits per heavy atom. The van der Waals surface area contributed by atoms with Crippen LogP contribution in [0.5, 0.6) is 5.75 Å². The number of thiophene rings is 1. The Morgan fingerprint density at radius 2 is 1.83 bits per heavy atom. The van der Waals surface area contributed by atoms with Crippen molar-refractivity contribution in [2.45, 2.75) is 32.2 Å². The van der Waals surface area contributed by atoms with Gasteiger partial charge in [-0.05, 0) is 43.4 Å². The second kappa shape index (κ2) is 11.1. The monoisotopic (exact) mass is 493 g/mol. The maximum Gasteiger partial charge on any atom is 0.269 e. The fourth-order valence-corrected chi connectivity index (χ4v) is 5.02. The third-order valence-electron chi connectivity index (χ3n) is 5.95. The summed E-state index contributed by atoms with van der Waals surface area (Å²) in [6.45, 7) is 3.10. The lowest BCUT2D eigenvalue weighted by atomic mass is 10.1. The van der Waals surface area contributed by atoms with E-state index >= 15 is 0 Å². The van der Waals surface area contributed by atoms with Crippen molar-refractivity contribution in [1.82, 2.24) is 10.2 Å². The number of nitrogens with zero attached hydrogens (tertiary/aromatic N) is 2. The first-order chi connectivity index (χ1) is 16.9. The maximum absolute atomic E-state index is 13.2. The van der Waals surface area contributed by atoms with E-state index in [1.807, 2.05) is 30.3 Å². The summed E-state index contributed by atoms with van der Waals surface area (Å²) < 4.78 is 5.88. The molecule has 8 nitrogen and oxygen atoms in total. The minimum absolute atomic E-state index is 0.0358. The third-order valence-corrected chi connectivity index (χ3v) is 7.12. The topological polar surface area (TPSA) is 102 Å². The van der Waals surface area contributed by atoms with E-state index in [4.69, 9.17) is 4.74 Å². The zero-order valence-electron chi connectivity index (χ0n) is 19.4. The van der Waals surface area contributed by atoms with Crippen molar-refractivity contribution in [1.29, 1.82) is 0 Å². The molecule has 35 heavy (non-hydrogen) atoms. The largest absolute Gasteiger partial charge is 0.482 e. The number of hydrogen-bond donors (Lipinski definition) is 1. The number of carbonyl (C=O) groups is 2. The number of nitro groups is 1. The van der Waals surface area contributed by atoms with Crippen LogP contribution in [0.4, 0.5) is 5.69 Å². The van der Waals surface area contributed by atoms with Crippen molar-refractivity contribution in [3.05, 3.63) is 81.2 Å². The van der Waals surface area contributed by atoms with Gasteiger partial charge in [-0.1, -0.05) is 42.5 Å². The first kappa shape index (κ1) is 24.4. The Bertz CT molecular complexity index is 1200. The number of likely N-dealkylation sites (tertiary alicyclic amines) is 1. The number of carbonyl (C=O) groups excluding carboxylic acids is 2. The molecular weight excluding hydrogens is 466 g/mol. The molecule has 182 valence electrons. The van der Waals surface area contributed by atoms with Gasteiger partial charge < -0.3 is 15.0 Å². The van der Waals surface area contributed by atoms with Crippen molar-refractivity contribution < 1.29 is 19.2 Å². The van der Waals surface area contributed by atoms with Gasteiger partial charge in [-0.15, -0.1) is 11.3 Å². The molecule has 2 amide bonds. The van der Waals surface area contributed by atoms with Gasteiger partial charge in [-0.3, -0.25) is 19.7 Å². The molecule has 2 heterocycles. The number of benzene rings is 2. The van der Waals surface area contributed by atoms with E-state index in [9.17, 15) is 19.7 Å². The number of piperidine rings is 1. The molecule has 2 aromatic carbocycles. The summed E-state index contributed by atoms with van der Waals surface area (Å²) in [6, 6.07) is 17.1. The quantitative estimate of drug-likeness (QED) is 0.343. The number of non-ortho nitro benzene ring substituents is 1. The molecule has 1 atom stereocenters. The lowest BCUT2D eigenvalue weighted by Crippen LogP contribution is -2.38. The van der Waals surface area contributed by atoms with Gasteiger partial charge in [0.1, 0.15) is 10.6 Å². The molecule has 1 aromatic heterocycles. The SMILES string of the molecule is CC(NC(=O)c1sc(-c2ccccc2)cc1OCC(=O)N1CCCCC1)c1cccc([N+](=O)[O-])c1. The Labute approximate surface area is 207 Å². The number of amides is 2. The van der Waals surface area contributed by atoms with Crippen LogP contribution >= 0.6 is 11.3 Å². The molecule has 0 aliphatic carbocycles. The molecule has 1 saturated heterocycles. The highest BCUT2D eigenvalue weighted by Crippen LogP contribution is 2.37. The number of ether oxygens (including phenoxy) is 1. The second-order valence-electron chi connectivity index (χ2n) is 8.45. The van der Waals surface area contributed by atoms with Crippen molar-refractivity contribution in [2.24, 2.45) is 0 Å².